The largest absolute Gasteiger partial charge is 0.378 e. The Morgan fingerprint density at radius 1 is 1.05 bits per heavy atom. The van der Waals surface area contributed by atoms with Gasteiger partial charge in [-0.1, -0.05) is 28.1 Å². The van der Waals surface area contributed by atoms with Crippen LogP contribution in [-0.2, 0) is 4.79 Å². The fraction of sp³-hybridized carbons (Fsp3) is 0.118. The first-order valence-corrected chi connectivity index (χ1v) is 7.36. The fourth-order valence-corrected chi connectivity index (χ4v) is 2.04. The van der Waals surface area contributed by atoms with E-state index in [4.69, 9.17) is 0 Å². The van der Waals surface area contributed by atoms with Crippen molar-refractivity contribution in [2.45, 2.75) is 0 Å². The molecule has 0 spiro atoms. The minimum Gasteiger partial charge on any atom is -0.378 e. The number of hydrogen-bond acceptors (Lipinski definition) is 2. The van der Waals surface area contributed by atoms with Crippen molar-refractivity contribution in [2.75, 3.05) is 24.3 Å². The number of amides is 1. The molecule has 0 aliphatic carbocycles. The summed E-state index contributed by atoms with van der Waals surface area (Å²) >= 11 is 3.36. The van der Waals surface area contributed by atoms with Gasteiger partial charge < -0.3 is 10.2 Å². The molecule has 0 bridgehead atoms. The molecule has 0 aromatic heterocycles. The van der Waals surface area contributed by atoms with Crippen molar-refractivity contribution in [3.63, 3.8) is 0 Å². The lowest BCUT2D eigenvalue weighted by Crippen LogP contribution is -2.08. The van der Waals surface area contributed by atoms with E-state index < -0.39 is 0 Å². The minimum atomic E-state index is -0.144. The standard InChI is InChI=1S/C17H17BrN2O/c1-20(2)16-10-3-13(4-11-16)5-12-17(21)19-15-8-6-14(18)7-9-15/h3-12H,1-2H3,(H,19,21)/b12-5+. The van der Waals surface area contributed by atoms with Crippen LogP contribution in [-0.4, -0.2) is 20.0 Å². The number of carbonyl (C=O) groups is 1. The van der Waals surface area contributed by atoms with Crippen LogP contribution in [0.15, 0.2) is 59.1 Å². The van der Waals surface area contributed by atoms with Crippen LogP contribution in [0.1, 0.15) is 5.56 Å². The summed E-state index contributed by atoms with van der Waals surface area (Å²) in [6.45, 7) is 0. The van der Waals surface area contributed by atoms with E-state index in [9.17, 15) is 4.79 Å². The number of hydrogen-bond donors (Lipinski definition) is 1. The molecule has 0 atom stereocenters. The van der Waals surface area contributed by atoms with E-state index >= 15 is 0 Å². The average molecular weight is 345 g/mol. The molecule has 2 aromatic rings. The summed E-state index contributed by atoms with van der Waals surface area (Å²) in [5.41, 5.74) is 2.90. The molecule has 0 heterocycles. The quantitative estimate of drug-likeness (QED) is 0.844. The van der Waals surface area contributed by atoms with Gasteiger partial charge in [-0.15, -0.1) is 0 Å². The van der Waals surface area contributed by atoms with E-state index in [-0.39, 0.29) is 5.91 Å². The minimum absolute atomic E-state index is 0.144. The van der Waals surface area contributed by atoms with Gasteiger partial charge in [-0.25, -0.2) is 0 Å². The lowest BCUT2D eigenvalue weighted by atomic mass is 10.2. The summed E-state index contributed by atoms with van der Waals surface area (Å²) in [5.74, 6) is -0.144. The lowest BCUT2D eigenvalue weighted by molar-refractivity contribution is -0.111. The highest BCUT2D eigenvalue weighted by Crippen LogP contribution is 2.15. The fourth-order valence-electron chi connectivity index (χ4n) is 1.77. The number of benzene rings is 2. The number of rotatable bonds is 4. The predicted octanol–water partition coefficient (Wildman–Crippen LogP) is 4.17. The van der Waals surface area contributed by atoms with Crippen LogP contribution in [0.25, 0.3) is 6.08 Å². The molecule has 0 radical (unpaired) electrons. The molecule has 0 saturated carbocycles. The predicted molar refractivity (Wildman–Crippen MR) is 92.6 cm³/mol. The van der Waals surface area contributed by atoms with E-state index in [1.165, 1.54) is 6.08 Å². The maximum Gasteiger partial charge on any atom is 0.248 e. The second-order valence-electron chi connectivity index (χ2n) is 4.82. The van der Waals surface area contributed by atoms with Crippen LogP contribution in [0.2, 0.25) is 0 Å². The average Bonchev–Trinajstić information content (AvgIpc) is 2.48. The van der Waals surface area contributed by atoms with Gasteiger partial charge in [0.2, 0.25) is 5.91 Å². The number of nitrogens with one attached hydrogen (secondary N) is 1. The third kappa shape index (κ3) is 4.76. The second kappa shape index (κ2) is 7.09. The normalized spacial score (nSPS) is 10.6. The van der Waals surface area contributed by atoms with Gasteiger partial charge in [0.25, 0.3) is 0 Å². The van der Waals surface area contributed by atoms with E-state index in [1.807, 2.05) is 67.5 Å². The molecule has 0 unspecified atom stereocenters. The van der Waals surface area contributed by atoms with Gasteiger partial charge in [0.15, 0.2) is 0 Å². The molecular formula is C17H17BrN2O. The molecule has 3 nitrogen and oxygen atoms in total. The van der Waals surface area contributed by atoms with Crippen molar-refractivity contribution in [2.24, 2.45) is 0 Å². The summed E-state index contributed by atoms with van der Waals surface area (Å²) in [6, 6.07) is 15.5. The van der Waals surface area contributed by atoms with Gasteiger partial charge in [0.1, 0.15) is 0 Å². The molecular weight excluding hydrogens is 328 g/mol. The molecule has 0 saturated heterocycles. The van der Waals surface area contributed by atoms with Crippen molar-refractivity contribution in [1.82, 2.24) is 0 Å². The Labute approximate surface area is 133 Å². The first-order chi connectivity index (χ1) is 10.0. The van der Waals surface area contributed by atoms with Gasteiger partial charge in [-0.3, -0.25) is 4.79 Å². The Morgan fingerprint density at radius 2 is 1.67 bits per heavy atom. The third-order valence-corrected chi connectivity index (χ3v) is 3.48. The van der Waals surface area contributed by atoms with E-state index in [1.54, 1.807) is 6.08 Å². The molecule has 0 fully saturated rings. The van der Waals surface area contributed by atoms with Crippen LogP contribution in [0, 0.1) is 0 Å². The number of carbonyl (C=O) groups excluding carboxylic acids is 1. The van der Waals surface area contributed by atoms with Crippen molar-refractivity contribution in [3.05, 3.63) is 64.6 Å². The van der Waals surface area contributed by atoms with Gasteiger partial charge in [0, 0.05) is 36.0 Å². The van der Waals surface area contributed by atoms with Crippen molar-refractivity contribution < 1.29 is 4.79 Å². The Balaban J connectivity index is 1.96. The first kappa shape index (κ1) is 15.3. The number of anilines is 2. The molecule has 21 heavy (non-hydrogen) atoms. The highest BCUT2D eigenvalue weighted by atomic mass is 79.9. The SMILES string of the molecule is CN(C)c1ccc(/C=C/C(=O)Nc2ccc(Br)cc2)cc1. The van der Waals surface area contributed by atoms with Crippen molar-refractivity contribution in [3.8, 4) is 0 Å². The van der Waals surface area contributed by atoms with Gasteiger partial charge in [0.05, 0.1) is 0 Å². The summed E-state index contributed by atoms with van der Waals surface area (Å²) in [5, 5.41) is 2.81. The summed E-state index contributed by atoms with van der Waals surface area (Å²) in [6.07, 6.45) is 3.33. The zero-order valence-corrected chi connectivity index (χ0v) is 13.6. The first-order valence-electron chi connectivity index (χ1n) is 6.56. The molecule has 0 aliphatic heterocycles. The summed E-state index contributed by atoms with van der Waals surface area (Å²) < 4.78 is 0.983. The lowest BCUT2D eigenvalue weighted by Gasteiger charge is -2.11. The molecule has 1 amide bonds. The van der Waals surface area contributed by atoms with Gasteiger partial charge in [-0.2, -0.15) is 0 Å². The van der Waals surface area contributed by atoms with Crippen LogP contribution in [0.4, 0.5) is 11.4 Å². The van der Waals surface area contributed by atoms with E-state index in [0.29, 0.717) is 0 Å². The third-order valence-electron chi connectivity index (χ3n) is 2.95. The van der Waals surface area contributed by atoms with E-state index in [0.717, 1.165) is 21.4 Å². The summed E-state index contributed by atoms with van der Waals surface area (Å²) in [4.78, 5) is 13.9. The van der Waals surface area contributed by atoms with Crippen molar-refractivity contribution in [1.29, 1.82) is 0 Å². The molecule has 2 aromatic carbocycles. The van der Waals surface area contributed by atoms with Crippen LogP contribution < -0.4 is 10.2 Å². The van der Waals surface area contributed by atoms with Gasteiger partial charge in [-0.05, 0) is 48.0 Å². The second-order valence-corrected chi connectivity index (χ2v) is 5.73. The number of halogens is 1. The molecule has 2 rings (SSSR count). The highest BCUT2D eigenvalue weighted by Gasteiger charge is 1.98. The zero-order chi connectivity index (χ0) is 15.2. The summed E-state index contributed by atoms with van der Waals surface area (Å²) in [7, 11) is 3.99. The van der Waals surface area contributed by atoms with Crippen LogP contribution in [0.3, 0.4) is 0 Å². The van der Waals surface area contributed by atoms with Crippen LogP contribution >= 0.6 is 15.9 Å². The Hall–Kier alpha value is -2.07. The zero-order valence-electron chi connectivity index (χ0n) is 12.0. The molecule has 0 aliphatic rings. The monoisotopic (exact) mass is 344 g/mol. The number of nitrogens with zero attached hydrogens (tertiary/aromatic N) is 1. The molecule has 108 valence electrons. The maximum absolute atomic E-state index is 11.8. The molecule has 4 heteroatoms. The topological polar surface area (TPSA) is 32.3 Å². The smallest absolute Gasteiger partial charge is 0.248 e. The van der Waals surface area contributed by atoms with Crippen LogP contribution in [0.5, 0.6) is 0 Å². The highest BCUT2D eigenvalue weighted by molar-refractivity contribution is 9.10. The van der Waals surface area contributed by atoms with E-state index in [2.05, 4.69) is 21.2 Å². The Kier molecular flexibility index (Phi) is 5.17. The Bertz CT molecular complexity index is 631. The Morgan fingerprint density at radius 3 is 2.24 bits per heavy atom. The van der Waals surface area contributed by atoms with Gasteiger partial charge >= 0.3 is 0 Å². The van der Waals surface area contributed by atoms with Crippen molar-refractivity contribution >= 4 is 39.3 Å². The molecule has 1 N–H and O–H groups in total. The maximum atomic E-state index is 11.8.